The zero-order chi connectivity index (χ0) is 5.82. The molecule has 0 aliphatic heterocycles. The second kappa shape index (κ2) is 2.36. The Morgan fingerprint density at radius 2 is 2.25 bits per heavy atom. The van der Waals surface area contributed by atoms with E-state index in [4.69, 9.17) is 5.73 Å². The fourth-order valence-electron chi connectivity index (χ4n) is 0.596. The number of allylic oxidation sites excluding steroid dienone is 5. The van der Waals surface area contributed by atoms with Crippen LogP contribution in [0.25, 0.3) is 0 Å². The van der Waals surface area contributed by atoms with Crippen molar-refractivity contribution in [1.29, 1.82) is 0 Å². The maximum absolute atomic E-state index is 5.47. The van der Waals surface area contributed by atoms with Gasteiger partial charge in [-0.1, -0.05) is 24.3 Å². The van der Waals surface area contributed by atoms with Gasteiger partial charge in [-0.3, -0.25) is 0 Å². The lowest BCUT2D eigenvalue weighted by atomic mass is 10.3. The first-order valence-electron chi connectivity index (χ1n) is 2.68. The highest BCUT2D eigenvalue weighted by Gasteiger charge is 1.81. The minimum atomic E-state index is 0.856. The highest BCUT2D eigenvalue weighted by atomic mass is 14.5. The predicted octanol–water partition coefficient (Wildman–Crippen LogP) is 1.35. The zero-order valence-corrected chi connectivity index (χ0v) is 4.67. The molecule has 0 saturated heterocycles. The lowest BCUT2D eigenvalue weighted by Crippen LogP contribution is -1.90. The van der Waals surface area contributed by atoms with Crippen molar-refractivity contribution in [3.8, 4) is 0 Å². The van der Waals surface area contributed by atoms with Crippen molar-refractivity contribution in [3.63, 3.8) is 0 Å². The summed E-state index contributed by atoms with van der Waals surface area (Å²) in [6.45, 7) is 0. The Bertz CT molecular complexity index is 149. The van der Waals surface area contributed by atoms with Crippen LogP contribution in [-0.4, -0.2) is 0 Å². The molecular formula is C7H9N. The van der Waals surface area contributed by atoms with Crippen LogP contribution in [0.3, 0.4) is 0 Å². The fraction of sp³-hybridized carbons (Fsp3) is 0.143. The van der Waals surface area contributed by atoms with Gasteiger partial charge in [0.1, 0.15) is 0 Å². The molecule has 1 aliphatic carbocycles. The van der Waals surface area contributed by atoms with Crippen molar-refractivity contribution < 1.29 is 0 Å². The molecule has 0 saturated carbocycles. The average Bonchev–Trinajstić information content (AvgIpc) is 1.94. The lowest BCUT2D eigenvalue weighted by Gasteiger charge is -1.84. The zero-order valence-electron chi connectivity index (χ0n) is 4.67. The molecule has 2 N–H and O–H groups in total. The van der Waals surface area contributed by atoms with E-state index >= 15 is 0 Å². The first-order valence-corrected chi connectivity index (χ1v) is 2.68. The quantitative estimate of drug-likeness (QED) is 0.496. The molecule has 0 aromatic carbocycles. The van der Waals surface area contributed by atoms with E-state index in [-0.39, 0.29) is 0 Å². The smallest absolute Gasteiger partial charge is 0.0276 e. The molecule has 0 spiro atoms. The summed E-state index contributed by atoms with van der Waals surface area (Å²) in [5, 5.41) is 0. The molecule has 0 aromatic rings. The summed E-state index contributed by atoms with van der Waals surface area (Å²) >= 11 is 0. The molecule has 0 unspecified atom stereocenters. The first-order chi connectivity index (χ1) is 3.89. The third-order valence-electron chi connectivity index (χ3n) is 1.03. The third-order valence-corrected chi connectivity index (χ3v) is 1.03. The highest BCUT2D eigenvalue weighted by molar-refractivity contribution is 5.23. The molecule has 8 heavy (non-hydrogen) atoms. The number of hydrogen-bond donors (Lipinski definition) is 1. The summed E-state index contributed by atoms with van der Waals surface area (Å²) in [5.41, 5.74) is 6.33. The predicted molar refractivity (Wildman–Crippen MR) is 35.2 cm³/mol. The Hall–Kier alpha value is -0.980. The molecule has 0 aromatic heterocycles. The minimum Gasteiger partial charge on any atom is -0.399 e. The summed E-state index contributed by atoms with van der Waals surface area (Å²) in [4.78, 5) is 0. The largest absolute Gasteiger partial charge is 0.399 e. The van der Waals surface area contributed by atoms with E-state index in [0.717, 1.165) is 12.1 Å². The SMILES string of the molecule is NC1=CCC=CC=C1. The van der Waals surface area contributed by atoms with E-state index in [9.17, 15) is 0 Å². The minimum absolute atomic E-state index is 0.856. The Balaban J connectivity index is 2.69. The van der Waals surface area contributed by atoms with Crippen molar-refractivity contribution in [1.82, 2.24) is 0 Å². The molecule has 42 valence electrons. The Kier molecular flexibility index (Phi) is 1.52. The molecule has 1 nitrogen and oxygen atoms in total. The Labute approximate surface area is 49.2 Å². The standard InChI is InChI=1S/C7H9N/c8-7-5-3-1-2-4-6-7/h1-3,5-6H,4,8H2. The van der Waals surface area contributed by atoms with Gasteiger partial charge in [0, 0.05) is 5.70 Å². The second-order valence-electron chi connectivity index (χ2n) is 1.73. The van der Waals surface area contributed by atoms with Gasteiger partial charge in [0.15, 0.2) is 0 Å². The van der Waals surface area contributed by atoms with Crippen molar-refractivity contribution in [2.75, 3.05) is 0 Å². The average molecular weight is 107 g/mol. The maximum Gasteiger partial charge on any atom is 0.0276 e. The monoisotopic (exact) mass is 107 g/mol. The van der Waals surface area contributed by atoms with Gasteiger partial charge in [0.2, 0.25) is 0 Å². The number of nitrogens with two attached hydrogens (primary N) is 1. The molecule has 0 bridgehead atoms. The fourth-order valence-corrected chi connectivity index (χ4v) is 0.596. The second-order valence-corrected chi connectivity index (χ2v) is 1.73. The molecule has 1 heteroatoms. The van der Waals surface area contributed by atoms with Crippen molar-refractivity contribution in [3.05, 3.63) is 36.1 Å². The summed E-state index contributed by atoms with van der Waals surface area (Å²) in [7, 11) is 0. The lowest BCUT2D eigenvalue weighted by molar-refractivity contribution is 1.31. The van der Waals surface area contributed by atoms with Crippen LogP contribution in [-0.2, 0) is 0 Å². The third kappa shape index (κ3) is 1.26. The van der Waals surface area contributed by atoms with Crippen LogP contribution in [0.2, 0.25) is 0 Å². The molecular weight excluding hydrogens is 98.1 g/mol. The van der Waals surface area contributed by atoms with Crippen LogP contribution in [0, 0.1) is 0 Å². The normalized spacial score (nSPS) is 17.8. The molecule has 1 aliphatic rings. The Morgan fingerprint density at radius 1 is 1.38 bits per heavy atom. The Morgan fingerprint density at radius 3 is 3.12 bits per heavy atom. The van der Waals surface area contributed by atoms with Crippen LogP contribution in [0.1, 0.15) is 6.42 Å². The van der Waals surface area contributed by atoms with Crippen molar-refractivity contribution in [2.24, 2.45) is 5.73 Å². The van der Waals surface area contributed by atoms with Crippen LogP contribution in [0.15, 0.2) is 36.1 Å². The van der Waals surface area contributed by atoms with Gasteiger partial charge in [-0.05, 0) is 12.5 Å². The molecule has 0 atom stereocenters. The van der Waals surface area contributed by atoms with E-state index in [1.54, 1.807) is 0 Å². The van der Waals surface area contributed by atoms with Crippen molar-refractivity contribution in [2.45, 2.75) is 6.42 Å². The van der Waals surface area contributed by atoms with Gasteiger partial charge in [0.05, 0.1) is 0 Å². The van der Waals surface area contributed by atoms with Crippen LogP contribution in [0.4, 0.5) is 0 Å². The van der Waals surface area contributed by atoms with E-state index in [0.29, 0.717) is 0 Å². The van der Waals surface area contributed by atoms with Gasteiger partial charge >= 0.3 is 0 Å². The van der Waals surface area contributed by atoms with E-state index in [1.165, 1.54) is 0 Å². The van der Waals surface area contributed by atoms with Gasteiger partial charge < -0.3 is 5.73 Å². The molecule has 0 heterocycles. The van der Waals surface area contributed by atoms with Crippen LogP contribution < -0.4 is 5.73 Å². The molecule has 1 rings (SSSR count). The van der Waals surface area contributed by atoms with Crippen molar-refractivity contribution >= 4 is 0 Å². The molecule has 0 fully saturated rings. The maximum atomic E-state index is 5.47. The van der Waals surface area contributed by atoms with Gasteiger partial charge in [-0.15, -0.1) is 0 Å². The summed E-state index contributed by atoms with van der Waals surface area (Å²) in [5.74, 6) is 0. The van der Waals surface area contributed by atoms with Crippen LogP contribution in [0.5, 0.6) is 0 Å². The highest BCUT2D eigenvalue weighted by Crippen LogP contribution is 1.97. The summed E-state index contributed by atoms with van der Waals surface area (Å²) in [6.07, 6.45) is 10.8. The van der Waals surface area contributed by atoms with Crippen LogP contribution >= 0.6 is 0 Å². The first kappa shape index (κ1) is 5.16. The summed E-state index contributed by atoms with van der Waals surface area (Å²) < 4.78 is 0. The van der Waals surface area contributed by atoms with Gasteiger partial charge in [-0.25, -0.2) is 0 Å². The number of hydrogen-bond acceptors (Lipinski definition) is 1. The van der Waals surface area contributed by atoms with Gasteiger partial charge in [0.25, 0.3) is 0 Å². The number of rotatable bonds is 0. The summed E-state index contributed by atoms with van der Waals surface area (Å²) in [6, 6.07) is 0. The topological polar surface area (TPSA) is 26.0 Å². The van der Waals surface area contributed by atoms with E-state index in [2.05, 4.69) is 6.08 Å². The van der Waals surface area contributed by atoms with E-state index in [1.807, 2.05) is 24.3 Å². The molecule has 0 amide bonds. The molecule has 0 radical (unpaired) electrons. The van der Waals surface area contributed by atoms with Gasteiger partial charge in [-0.2, -0.15) is 0 Å². The van der Waals surface area contributed by atoms with E-state index < -0.39 is 0 Å².